The molecule has 5 rings (SSSR count). The Hall–Kier alpha value is -3.09. The lowest BCUT2D eigenvalue weighted by atomic mass is 9.99. The Morgan fingerprint density at radius 3 is 2.33 bits per heavy atom. The van der Waals surface area contributed by atoms with Crippen LogP contribution in [0.15, 0.2) is 42.7 Å². The van der Waals surface area contributed by atoms with Crippen molar-refractivity contribution in [3.63, 3.8) is 0 Å². The number of nitriles is 1. The molecule has 9 heteroatoms. The van der Waals surface area contributed by atoms with Gasteiger partial charge in [-0.2, -0.15) is 5.26 Å². The number of aromatic nitrogens is 1. The van der Waals surface area contributed by atoms with Gasteiger partial charge in [-0.25, -0.2) is 21.5 Å². The Morgan fingerprint density at radius 1 is 1.03 bits per heavy atom. The lowest BCUT2D eigenvalue weighted by Crippen LogP contribution is -2.43. The molecule has 2 aliphatic rings. The fraction of sp³-hybridized carbons (Fsp3) is 0.333. The number of nitrogens with zero attached hydrogens (tertiary/aromatic N) is 3. The van der Waals surface area contributed by atoms with Gasteiger partial charge in [0.15, 0.2) is 0 Å². The van der Waals surface area contributed by atoms with Gasteiger partial charge in [0.05, 0.1) is 5.25 Å². The highest BCUT2D eigenvalue weighted by molar-refractivity contribution is 7.90. The molecule has 33 heavy (non-hydrogen) atoms. The summed E-state index contributed by atoms with van der Waals surface area (Å²) in [6.45, 7) is 0.816. The van der Waals surface area contributed by atoms with Crippen molar-refractivity contribution in [2.45, 2.75) is 37.0 Å². The summed E-state index contributed by atoms with van der Waals surface area (Å²) in [5.74, 6) is -1.33. The Bertz CT molecular complexity index is 1350. The van der Waals surface area contributed by atoms with E-state index in [0.717, 1.165) is 35.7 Å². The number of sulfonamides is 1. The number of fused-ring (bicyclic) bond motifs is 1. The standard InChI is InChI=1S/C24H21F2N3O3S/c25-22-10-17(11-23(26)20(22)13-27)16-9-15-3-6-28-14-21(15)24(12-16)32-18-4-7-29(8-5-18)33(30,31)19-1-2-19/h3,6,9-12,14,18-19H,1-2,4-5,7-8H2. The van der Waals surface area contributed by atoms with Crippen molar-refractivity contribution < 1.29 is 21.9 Å². The normalized spacial score (nSPS) is 17.7. The highest BCUT2D eigenvalue weighted by Gasteiger charge is 2.41. The second kappa shape index (κ2) is 8.36. The van der Waals surface area contributed by atoms with Crippen molar-refractivity contribution in [1.82, 2.24) is 9.29 Å². The van der Waals surface area contributed by atoms with Crippen molar-refractivity contribution in [3.8, 4) is 22.9 Å². The molecule has 0 unspecified atom stereocenters. The van der Waals surface area contributed by atoms with Crippen molar-refractivity contribution >= 4 is 20.8 Å². The van der Waals surface area contributed by atoms with Gasteiger partial charge in [0.25, 0.3) is 0 Å². The van der Waals surface area contributed by atoms with Crippen LogP contribution in [-0.4, -0.2) is 42.2 Å². The van der Waals surface area contributed by atoms with Crippen molar-refractivity contribution in [2.75, 3.05) is 13.1 Å². The third-order valence-electron chi connectivity index (χ3n) is 6.21. The quantitative estimate of drug-likeness (QED) is 0.554. The Labute approximate surface area is 190 Å². The molecule has 1 aliphatic carbocycles. The summed E-state index contributed by atoms with van der Waals surface area (Å²) < 4.78 is 61.2. The monoisotopic (exact) mass is 469 g/mol. The minimum absolute atomic E-state index is 0.191. The van der Waals surface area contributed by atoms with Gasteiger partial charge < -0.3 is 4.74 Å². The summed E-state index contributed by atoms with van der Waals surface area (Å²) >= 11 is 0. The first kappa shape index (κ1) is 21.7. The summed E-state index contributed by atoms with van der Waals surface area (Å²) in [4.78, 5) is 4.17. The first-order chi connectivity index (χ1) is 15.9. The number of benzene rings is 2. The smallest absolute Gasteiger partial charge is 0.216 e. The second-order valence-electron chi connectivity index (χ2n) is 8.46. The van der Waals surface area contributed by atoms with E-state index >= 15 is 0 Å². The van der Waals surface area contributed by atoms with Crippen LogP contribution in [0.3, 0.4) is 0 Å². The molecule has 0 spiro atoms. The highest BCUT2D eigenvalue weighted by Crippen LogP contribution is 2.36. The summed E-state index contributed by atoms with van der Waals surface area (Å²) in [6, 6.07) is 9.08. The van der Waals surface area contributed by atoms with Crippen LogP contribution < -0.4 is 4.74 Å². The van der Waals surface area contributed by atoms with Crippen LogP contribution in [-0.2, 0) is 10.0 Å². The first-order valence-corrected chi connectivity index (χ1v) is 12.3. The minimum Gasteiger partial charge on any atom is -0.490 e. The third-order valence-corrected chi connectivity index (χ3v) is 8.60. The molecule has 2 heterocycles. The number of halogens is 2. The maximum absolute atomic E-state index is 14.2. The van der Waals surface area contributed by atoms with Crippen molar-refractivity contribution in [3.05, 3.63) is 59.9 Å². The zero-order chi connectivity index (χ0) is 23.2. The second-order valence-corrected chi connectivity index (χ2v) is 10.7. The van der Waals surface area contributed by atoms with Gasteiger partial charge in [0.1, 0.15) is 35.1 Å². The molecule has 0 atom stereocenters. The van der Waals surface area contributed by atoms with Crippen LogP contribution in [0, 0.1) is 23.0 Å². The molecule has 1 saturated heterocycles. The topological polar surface area (TPSA) is 83.3 Å². The molecule has 170 valence electrons. The molecular formula is C24H21F2N3O3S. The fourth-order valence-electron chi connectivity index (χ4n) is 4.24. The largest absolute Gasteiger partial charge is 0.490 e. The van der Waals surface area contributed by atoms with E-state index in [-0.39, 0.29) is 16.9 Å². The SMILES string of the molecule is N#Cc1c(F)cc(-c2cc(OC3CCN(S(=O)(=O)C4CC4)CC3)c3cnccc3c2)cc1F. The van der Waals surface area contributed by atoms with Gasteiger partial charge in [0, 0.05) is 30.9 Å². The highest BCUT2D eigenvalue weighted by atomic mass is 32.2. The summed E-state index contributed by atoms with van der Waals surface area (Å²) in [7, 11) is -3.20. The summed E-state index contributed by atoms with van der Waals surface area (Å²) in [6.07, 6.45) is 5.68. The Balaban J connectivity index is 1.43. The molecule has 0 amide bonds. The van der Waals surface area contributed by atoms with E-state index in [2.05, 4.69) is 4.98 Å². The summed E-state index contributed by atoms with van der Waals surface area (Å²) in [5, 5.41) is 10.2. The molecule has 0 N–H and O–H groups in total. The van der Waals surface area contributed by atoms with E-state index in [4.69, 9.17) is 10.00 Å². The predicted octanol–water partition coefficient (Wildman–Crippen LogP) is 4.39. The van der Waals surface area contributed by atoms with Gasteiger partial charge in [-0.1, -0.05) is 0 Å². The molecule has 2 fully saturated rings. The number of pyridine rings is 1. The summed E-state index contributed by atoms with van der Waals surface area (Å²) in [5.41, 5.74) is 0.214. The zero-order valence-corrected chi connectivity index (χ0v) is 18.5. The van der Waals surface area contributed by atoms with Crippen LogP contribution in [0.5, 0.6) is 5.75 Å². The molecular weight excluding hydrogens is 448 g/mol. The maximum Gasteiger partial charge on any atom is 0.216 e. The van der Waals surface area contributed by atoms with Gasteiger partial charge >= 0.3 is 0 Å². The van der Waals surface area contributed by atoms with E-state index in [1.54, 1.807) is 34.9 Å². The van der Waals surface area contributed by atoms with Crippen LogP contribution in [0.2, 0.25) is 0 Å². The number of piperidine rings is 1. The van der Waals surface area contributed by atoms with Crippen LogP contribution in [0.4, 0.5) is 8.78 Å². The minimum atomic E-state index is -3.20. The van der Waals surface area contributed by atoms with Crippen molar-refractivity contribution in [2.24, 2.45) is 0 Å². The van der Waals surface area contributed by atoms with Crippen molar-refractivity contribution in [1.29, 1.82) is 5.26 Å². The van der Waals surface area contributed by atoms with E-state index in [9.17, 15) is 17.2 Å². The van der Waals surface area contributed by atoms with Gasteiger partial charge in [-0.15, -0.1) is 0 Å². The average Bonchev–Trinajstić information content (AvgIpc) is 3.65. The predicted molar refractivity (Wildman–Crippen MR) is 119 cm³/mol. The number of hydrogen-bond donors (Lipinski definition) is 0. The lowest BCUT2D eigenvalue weighted by Gasteiger charge is -2.31. The van der Waals surface area contributed by atoms with Gasteiger partial charge in [-0.3, -0.25) is 4.98 Å². The van der Waals surface area contributed by atoms with E-state index in [1.165, 1.54) is 6.07 Å². The molecule has 6 nitrogen and oxygen atoms in total. The van der Waals surface area contributed by atoms with Gasteiger partial charge in [0.2, 0.25) is 10.0 Å². The Kier molecular flexibility index (Phi) is 5.51. The first-order valence-electron chi connectivity index (χ1n) is 10.8. The zero-order valence-electron chi connectivity index (χ0n) is 17.7. The maximum atomic E-state index is 14.2. The van der Waals surface area contributed by atoms with Gasteiger partial charge in [-0.05, 0) is 72.5 Å². The molecule has 1 aromatic heterocycles. The molecule has 1 saturated carbocycles. The Morgan fingerprint density at radius 2 is 1.70 bits per heavy atom. The third kappa shape index (κ3) is 4.16. The lowest BCUT2D eigenvalue weighted by molar-refractivity contribution is 0.137. The molecule has 3 aromatic rings. The molecule has 0 bridgehead atoms. The number of ether oxygens (including phenoxy) is 1. The van der Waals surface area contributed by atoms with Crippen LogP contribution in [0.25, 0.3) is 21.9 Å². The van der Waals surface area contributed by atoms with E-state index in [0.29, 0.717) is 37.2 Å². The van der Waals surface area contributed by atoms with E-state index in [1.807, 2.05) is 0 Å². The molecule has 0 radical (unpaired) electrons. The molecule has 2 aromatic carbocycles. The van der Waals surface area contributed by atoms with Crippen LogP contribution in [0.1, 0.15) is 31.2 Å². The fourth-order valence-corrected chi connectivity index (χ4v) is 6.11. The van der Waals surface area contributed by atoms with E-state index < -0.39 is 27.2 Å². The van der Waals surface area contributed by atoms with Crippen LogP contribution >= 0.6 is 0 Å². The number of hydrogen-bond acceptors (Lipinski definition) is 5. The average molecular weight is 470 g/mol. The number of rotatable bonds is 5. The molecule has 1 aliphatic heterocycles.